The summed E-state index contributed by atoms with van der Waals surface area (Å²) in [6, 6.07) is 19.4. The number of benzene rings is 1. The maximum absolute atomic E-state index is 12.3. The van der Waals surface area contributed by atoms with Gasteiger partial charge in [-0.15, -0.1) is 11.3 Å². The summed E-state index contributed by atoms with van der Waals surface area (Å²) in [7, 11) is 0. The van der Waals surface area contributed by atoms with E-state index in [1.807, 2.05) is 47.8 Å². The van der Waals surface area contributed by atoms with Crippen LogP contribution in [0.5, 0.6) is 0 Å². The van der Waals surface area contributed by atoms with Crippen molar-refractivity contribution in [2.45, 2.75) is 13.1 Å². The number of rotatable bonds is 7. The van der Waals surface area contributed by atoms with Gasteiger partial charge in [0.25, 0.3) is 11.1 Å². The molecule has 4 rings (SSSR count). The van der Waals surface area contributed by atoms with Gasteiger partial charge in [0.2, 0.25) is 5.91 Å². The Kier molecular flexibility index (Phi) is 6.13. The Hall–Kier alpha value is -3.85. The molecule has 4 aromatic rings. The normalized spacial score (nSPS) is 10.7. The van der Waals surface area contributed by atoms with Gasteiger partial charge in [0.1, 0.15) is 12.2 Å². The monoisotopic (exact) mass is 433 g/mol. The van der Waals surface area contributed by atoms with Gasteiger partial charge in [-0.25, -0.2) is 9.36 Å². The Morgan fingerprint density at radius 1 is 0.839 bits per heavy atom. The van der Waals surface area contributed by atoms with Gasteiger partial charge in [0, 0.05) is 24.2 Å². The van der Waals surface area contributed by atoms with Crippen molar-refractivity contribution in [1.82, 2.24) is 24.9 Å². The standard InChI is InChI=1S/C22H19N5O3S/c28-20(15-27-22(30)10-8-17(24-27)16-5-2-1-3-6-16)23-12-13-26-21(29)11-9-18(25-26)19-7-4-14-31-19/h1-11,14H,12-13,15H2,(H,23,28). The van der Waals surface area contributed by atoms with E-state index in [0.29, 0.717) is 11.4 Å². The van der Waals surface area contributed by atoms with Crippen LogP contribution in [0.25, 0.3) is 21.8 Å². The molecule has 8 nitrogen and oxygen atoms in total. The molecule has 0 unspecified atom stereocenters. The van der Waals surface area contributed by atoms with Crippen LogP contribution >= 0.6 is 11.3 Å². The Morgan fingerprint density at radius 2 is 1.55 bits per heavy atom. The molecule has 3 aromatic heterocycles. The average molecular weight is 433 g/mol. The van der Waals surface area contributed by atoms with E-state index in [-0.39, 0.29) is 36.7 Å². The highest BCUT2D eigenvalue weighted by atomic mass is 32.1. The van der Waals surface area contributed by atoms with E-state index in [4.69, 9.17) is 0 Å². The molecule has 0 saturated carbocycles. The van der Waals surface area contributed by atoms with Crippen LogP contribution in [0, 0.1) is 0 Å². The van der Waals surface area contributed by atoms with Gasteiger partial charge in [-0.1, -0.05) is 36.4 Å². The number of hydrogen-bond donors (Lipinski definition) is 1. The van der Waals surface area contributed by atoms with Gasteiger partial charge in [-0.05, 0) is 23.6 Å². The van der Waals surface area contributed by atoms with Gasteiger partial charge in [-0.3, -0.25) is 14.4 Å². The first-order chi connectivity index (χ1) is 15.1. The highest BCUT2D eigenvalue weighted by molar-refractivity contribution is 7.13. The molecule has 3 heterocycles. The van der Waals surface area contributed by atoms with Gasteiger partial charge >= 0.3 is 0 Å². The van der Waals surface area contributed by atoms with Crippen molar-refractivity contribution in [2.24, 2.45) is 0 Å². The summed E-state index contributed by atoms with van der Waals surface area (Å²) >= 11 is 1.53. The molecule has 9 heteroatoms. The van der Waals surface area contributed by atoms with Crippen molar-refractivity contribution < 1.29 is 4.79 Å². The summed E-state index contributed by atoms with van der Waals surface area (Å²) in [5.41, 5.74) is 1.55. The number of carbonyl (C=O) groups excluding carboxylic acids is 1. The zero-order valence-corrected chi connectivity index (χ0v) is 17.3. The van der Waals surface area contributed by atoms with E-state index in [1.54, 1.807) is 12.1 Å². The maximum atomic E-state index is 12.3. The molecule has 0 fully saturated rings. The SMILES string of the molecule is O=C(Cn1nc(-c2ccccc2)ccc1=O)NCCn1nc(-c2cccs2)ccc1=O. The van der Waals surface area contributed by atoms with Crippen molar-refractivity contribution in [1.29, 1.82) is 0 Å². The van der Waals surface area contributed by atoms with E-state index in [9.17, 15) is 14.4 Å². The molecule has 1 aromatic carbocycles. The Balaban J connectivity index is 1.39. The number of hydrogen-bond acceptors (Lipinski definition) is 6. The Bertz CT molecular complexity index is 1300. The molecule has 1 N–H and O–H groups in total. The molecule has 0 aliphatic carbocycles. The summed E-state index contributed by atoms with van der Waals surface area (Å²) in [5, 5.41) is 13.3. The summed E-state index contributed by atoms with van der Waals surface area (Å²) < 4.78 is 2.44. The van der Waals surface area contributed by atoms with Crippen LogP contribution in [-0.2, 0) is 17.9 Å². The molecular weight excluding hydrogens is 414 g/mol. The lowest BCUT2D eigenvalue weighted by Crippen LogP contribution is -2.36. The molecule has 0 bridgehead atoms. The molecular formula is C22H19N5O3S. The fraction of sp³-hybridized carbons (Fsp3) is 0.136. The minimum Gasteiger partial charge on any atom is -0.353 e. The summed E-state index contributed by atoms with van der Waals surface area (Å²) in [4.78, 5) is 37.4. The third kappa shape index (κ3) is 5.01. The number of aromatic nitrogens is 4. The number of nitrogens with zero attached hydrogens (tertiary/aromatic N) is 4. The van der Waals surface area contributed by atoms with Gasteiger partial charge in [0.05, 0.1) is 17.1 Å². The predicted octanol–water partition coefficient (Wildman–Crippen LogP) is 2.01. The first-order valence-electron chi connectivity index (χ1n) is 9.62. The van der Waals surface area contributed by atoms with Crippen LogP contribution in [0.1, 0.15) is 0 Å². The van der Waals surface area contributed by atoms with Crippen LogP contribution in [-0.4, -0.2) is 32.0 Å². The lowest BCUT2D eigenvalue weighted by Gasteiger charge is -2.09. The highest BCUT2D eigenvalue weighted by Crippen LogP contribution is 2.21. The van der Waals surface area contributed by atoms with Crippen molar-refractivity contribution in [3.63, 3.8) is 0 Å². The van der Waals surface area contributed by atoms with Crippen LogP contribution in [0.4, 0.5) is 0 Å². The molecule has 31 heavy (non-hydrogen) atoms. The number of amides is 1. The van der Waals surface area contributed by atoms with Gasteiger partial charge in [0.15, 0.2) is 0 Å². The lowest BCUT2D eigenvalue weighted by molar-refractivity contribution is -0.121. The minimum atomic E-state index is -0.373. The molecule has 0 aliphatic rings. The number of carbonyl (C=O) groups is 1. The molecule has 0 spiro atoms. The van der Waals surface area contributed by atoms with Crippen LogP contribution in [0.15, 0.2) is 81.7 Å². The largest absolute Gasteiger partial charge is 0.353 e. The first-order valence-corrected chi connectivity index (χ1v) is 10.5. The zero-order valence-electron chi connectivity index (χ0n) is 16.5. The summed E-state index contributed by atoms with van der Waals surface area (Å²) in [6.07, 6.45) is 0. The Morgan fingerprint density at radius 3 is 2.29 bits per heavy atom. The number of thiophene rings is 1. The quantitative estimate of drug-likeness (QED) is 0.481. The third-order valence-corrected chi connectivity index (χ3v) is 5.41. The van der Waals surface area contributed by atoms with E-state index in [1.165, 1.54) is 28.2 Å². The second-order valence-electron chi connectivity index (χ2n) is 6.69. The number of nitrogens with one attached hydrogen (secondary N) is 1. The average Bonchev–Trinajstić information content (AvgIpc) is 3.32. The van der Waals surface area contributed by atoms with Gasteiger partial charge < -0.3 is 5.32 Å². The van der Waals surface area contributed by atoms with E-state index >= 15 is 0 Å². The van der Waals surface area contributed by atoms with E-state index in [2.05, 4.69) is 15.5 Å². The topological polar surface area (TPSA) is 98.9 Å². The maximum Gasteiger partial charge on any atom is 0.267 e. The van der Waals surface area contributed by atoms with E-state index in [0.717, 1.165) is 15.1 Å². The zero-order chi connectivity index (χ0) is 21.6. The van der Waals surface area contributed by atoms with Crippen molar-refractivity contribution in [3.8, 4) is 21.8 Å². The molecule has 0 aliphatic heterocycles. The third-order valence-electron chi connectivity index (χ3n) is 4.52. The van der Waals surface area contributed by atoms with E-state index < -0.39 is 0 Å². The second kappa shape index (κ2) is 9.31. The van der Waals surface area contributed by atoms with Crippen LogP contribution < -0.4 is 16.4 Å². The highest BCUT2D eigenvalue weighted by Gasteiger charge is 2.09. The summed E-state index contributed by atoms with van der Waals surface area (Å²) in [5.74, 6) is -0.373. The fourth-order valence-electron chi connectivity index (χ4n) is 2.98. The molecule has 0 radical (unpaired) electrons. The van der Waals surface area contributed by atoms with Crippen LogP contribution in [0.3, 0.4) is 0 Å². The molecule has 1 amide bonds. The summed E-state index contributed by atoms with van der Waals surface area (Å²) in [6.45, 7) is 0.208. The first kappa shape index (κ1) is 20.4. The van der Waals surface area contributed by atoms with Crippen molar-refractivity contribution >= 4 is 17.2 Å². The second-order valence-corrected chi connectivity index (χ2v) is 7.64. The fourth-order valence-corrected chi connectivity index (χ4v) is 3.67. The minimum absolute atomic E-state index is 0.201. The van der Waals surface area contributed by atoms with Gasteiger partial charge in [-0.2, -0.15) is 10.2 Å². The predicted molar refractivity (Wildman–Crippen MR) is 119 cm³/mol. The molecule has 0 atom stereocenters. The van der Waals surface area contributed by atoms with Crippen molar-refractivity contribution in [3.05, 3.63) is 92.8 Å². The van der Waals surface area contributed by atoms with Crippen molar-refractivity contribution in [2.75, 3.05) is 6.54 Å². The molecule has 156 valence electrons. The lowest BCUT2D eigenvalue weighted by atomic mass is 10.1. The smallest absolute Gasteiger partial charge is 0.267 e. The Labute approximate surface area is 181 Å². The molecule has 0 saturated heterocycles. The van der Waals surface area contributed by atoms with Crippen LogP contribution in [0.2, 0.25) is 0 Å².